The van der Waals surface area contributed by atoms with E-state index in [4.69, 9.17) is 10.5 Å². The minimum Gasteiger partial charge on any atom is -0.407 e. The van der Waals surface area contributed by atoms with Crippen LogP contribution < -0.4 is 10.5 Å². The number of carbonyl (C=O) groups is 1. The highest BCUT2D eigenvalue weighted by Crippen LogP contribution is 2.38. The molecule has 1 aliphatic rings. The third kappa shape index (κ3) is 3.09. The molecule has 7 nitrogen and oxygen atoms in total. The smallest absolute Gasteiger partial charge is 0.407 e. The van der Waals surface area contributed by atoms with Crippen LogP contribution in [0.15, 0.2) is 24.5 Å². The summed E-state index contributed by atoms with van der Waals surface area (Å²) in [5.41, 5.74) is 8.08. The molecule has 0 atom stereocenters. The lowest BCUT2D eigenvalue weighted by Crippen LogP contribution is -2.30. The van der Waals surface area contributed by atoms with Crippen molar-refractivity contribution in [2.24, 2.45) is 7.05 Å². The molecule has 140 valence electrons. The number of carbonyl (C=O) groups excluding carboxylic acids is 1. The number of aryl methyl sites for hydroxylation is 1. The summed E-state index contributed by atoms with van der Waals surface area (Å²) in [4.78, 5) is 22.0. The molecule has 3 aromatic rings. The van der Waals surface area contributed by atoms with Gasteiger partial charge in [-0.2, -0.15) is 0 Å². The van der Waals surface area contributed by atoms with E-state index >= 15 is 0 Å². The van der Waals surface area contributed by atoms with Crippen molar-refractivity contribution >= 4 is 45.5 Å². The number of hydrogen-bond acceptors (Lipinski definition) is 5. The Balaban J connectivity index is 1.72. The number of likely N-dealkylation sites (tertiary alicyclic amines) is 1. The number of amides is 1. The molecule has 9 heteroatoms. The number of nitrogens with two attached hydrogens (primary N) is 1. The van der Waals surface area contributed by atoms with Gasteiger partial charge in [-0.1, -0.05) is 6.07 Å². The predicted molar refractivity (Wildman–Crippen MR) is 108 cm³/mol. The molecule has 2 aromatic heterocycles. The quantitative estimate of drug-likeness (QED) is 0.566. The Hall–Kier alpha value is -2.43. The van der Waals surface area contributed by atoms with Gasteiger partial charge < -0.3 is 19.9 Å². The lowest BCUT2D eigenvalue weighted by molar-refractivity contribution is 0.161. The average Bonchev–Trinajstić information content (AvgIpc) is 3.26. The van der Waals surface area contributed by atoms with Crippen LogP contribution in [-0.2, 0) is 7.05 Å². The first-order valence-corrected chi connectivity index (χ1v) is 9.56. The van der Waals surface area contributed by atoms with E-state index in [0.717, 1.165) is 22.1 Å². The van der Waals surface area contributed by atoms with Crippen molar-refractivity contribution in [1.82, 2.24) is 19.4 Å². The third-order valence-corrected chi connectivity index (χ3v) is 5.97. The molecule has 3 heterocycles. The summed E-state index contributed by atoms with van der Waals surface area (Å²) in [5.74, 6) is -0.364. The molecule has 0 saturated carbocycles. The fourth-order valence-corrected chi connectivity index (χ4v) is 4.12. The van der Waals surface area contributed by atoms with Gasteiger partial charge in [0.2, 0.25) is 0 Å². The zero-order valence-corrected chi connectivity index (χ0v) is 16.7. The van der Waals surface area contributed by atoms with Crippen molar-refractivity contribution in [3.8, 4) is 16.9 Å². The van der Waals surface area contributed by atoms with Crippen LogP contribution in [0.5, 0.6) is 5.75 Å². The highest BCUT2D eigenvalue weighted by molar-refractivity contribution is 14.1. The molecule has 0 radical (unpaired) electrons. The van der Waals surface area contributed by atoms with Crippen LogP contribution in [0.25, 0.3) is 22.2 Å². The number of nitrogen functional groups attached to an aromatic ring is 1. The highest BCUT2D eigenvalue weighted by Gasteiger charge is 2.23. The van der Waals surface area contributed by atoms with Gasteiger partial charge in [0.05, 0.1) is 9.09 Å². The fourth-order valence-electron chi connectivity index (χ4n) is 3.31. The Morgan fingerprint density at radius 1 is 1.30 bits per heavy atom. The van der Waals surface area contributed by atoms with Gasteiger partial charge in [0.1, 0.15) is 17.8 Å². The van der Waals surface area contributed by atoms with E-state index in [0.29, 0.717) is 35.5 Å². The van der Waals surface area contributed by atoms with Gasteiger partial charge in [0.15, 0.2) is 11.6 Å². The predicted octanol–water partition coefficient (Wildman–Crippen LogP) is 3.56. The number of aromatic nitrogens is 3. The lowest BCUT2D eigenvalue weighted by atomic mass is 10.1. The molecule has 1 aromatic carbocycles. The van der Waals surface area contributed by atoms with Gasteiger partial charge in [0.25, 0.3) is 0 Å². The fraction of sp³-hybridized carbons (Fsp3) is 0.278. The number of fused-ring (bicyclic) bond motifs is 1. The van der Waals surface area contributed by atoms with Crippen molar-refractivity contribution < 1.29 is 13.9 Å². The molecule has 4 rings (SSSR count). The highest BCUT2D eigenvalue weighted by atomic mass is 127. The number of hydrogen-bond donors (Lipinski definition) is 1. The molecule has 2 N–H and O–H groups in total. The van der Waals surface area contributed by atoms with E-state index in [1.165, 1.54) is 18.5 Å². The van der Waals surface area contributed by atoms with Crippen molar-refractivity contribution in [3.05, 3.63) is 34.0 Å². The standard InChI is InChI=1S/C18H17FIN5O2/c1-24-15(20)13(14-16(21)22-9-23-17(14)24)10-4-5-12(11(19)8-10)27-18(26)25-6-2-3-7-25/h4-5,8-9H,2-3,6-7H2,1H3,(H2,21,22,23). The molecule has 1 amide bonds. The molecule has 1 fully saturated rings. The van der Waals surface area contributed by atoms with E-state index in [9.17, 15) is 9.18 Å². The van der Waals surface area contributed by atoms with Crippen LogP contribution in [-0.4, -0.2) is 38.6 Å². The second-order valence-electron chi connectivity index (χ2n) is 6.39. The Kier molecular flexibility index (Phi) is 4.62. The number of anilines is 1. The average molecular weight is 481 g/mol. The van der Waals surface area contributed by atoms with Crippen LogP contribution >= 0.6 is 22.6 Å². The van der Waals surface area contributed by atoms with Gasteiger partial charge in [-0.05, 0) is 53.1 Å². The van der Waals surface area contributed by atoms with Crippen LogP contribution in [0.2, 0.25) is 0 Å². The van der Waals surface area contributed by atoms with E-state index in [1.807, 2.05) is 11.6 Å². The van der Waals surface area contributed by atoms with E-state index in [-0.39, 0.29) is 5.75 Å². The van der Waals surface area contributed by atoms with E-state index in [2.05, 4.69) is 32.6 Å². The van der Waals surface area contributed by atoms with Gasteiger partial charge in [0, 0.05) is 25.7 Å². The van der Waals surface area contributed by atoms with Crippen LogP contribution in [0, 0.1) is 9.52 Å². The van der Waals surface area contributed by atoms with Crippen molar-refractivity contribution in [2.45, 2.75) is 12.8 Å². The normalized spacial score (nSPS) is 14.1. The molecule has 0 unspecified atom stereocenters. The number of nitrogens with zero attached hydrogens (tertiary/aromatic N) is 4. The Bertz CT molecular complexity index is 1050. The molecule has 1 saturated heterocycles. The van der Waals surface area contributed by atoms with Crippen molar-refractivity contribution in [2.75, 3.05) is 18.8 Å². The first kappa shape index (κ1) is 18.0. The first-order valence-electron chi connectivity index (χ1n) is 8.48. The van der Waals surface area contributed by atoms with Gasteiger partial charge >= 0.3 is 6.09 Å². The summed E-state index contributed by atoms with van der Waals surface area (Å²) in [5, 5.41) is 0.672. The summed E-state index contributed by atoms with van der Waals surface area (Å²) in [6.45, 7) is 1.29. The Morgan fingerprint density at radius 2 is 2.04 bits per heavy atom. The number of ether oxygens (including phenoxy) is 1. The molecule has 0 bridgehead atoms. The maximum atomic E-state index is 14.7. The van der Waals surface area contributed by atoms with Crippen LogP contribution in [0.1, 0.15) is 12.8 Å². The largest absolute Gasteiger partial charge is 0.415 e. The summed E-state index contributed by atoms with van der Waals surface area (Å²) < 4.78 is 22.6. The second kappa shape index (κ2) is 6.95. The topological polar surface area (TPSA) is 86.3 Å². The Labute approximate surface area is 168 Å². The van der Waals surface area contributed by atoms with Crippen LogP contribution in [0.3, 0.4) is 0 Å². The summed E-state index contributed by atoms with van der Waals surface area (Å²) in [6.07, 6.45) is 2.77. The minimum absolute atomic E-state index is 0.0879. The van der Waals surface area contributed by atoms with Crippen LogP contribution in [0.4, 0.5) is 15.0 Å². The molecular formula is C18H17FIN5O2. The monoisotopic (exact) mass is 481 g/mol. The second-order valence-corrected chi connectivity index (χ2v) is 7.41. The number of benzene rings is 1. The van der Waals surface area contributed by atoms with E-state index in [1.54, 1.807) is 11.0 Å². The molecule has 0 spiro atoms. The van der Waals surface area contributed by atoms with Crippen molar-refractivity contribution in [1.29, 1.82) is 0 Å². The molecule has 27 heavy (non-hydrogen) atoms. The first-order chi connectivity index (χ1) is 13.0. The maximum absolute atomic E-state index is 14.7. The lowest BCUT2D eigenvalue weighted by Gasteiger charge is -2.15. The number of rotatable bonds is 2. The zero-order chi connectivity index (χ0) is 19.1. The third-order valence-electron chi connectivity index (χ3n) is 4.71. The van der Waals surface area contributed by atoms with E-state index < -0.39 is 11.9 Å². The Morgan fingerprint density at radius 3 is 2.74 bits per heavy atom. The van der Waals surface area contributed by atoms with Crippen molar-refractivity contribution in [3.63, 3.8) is 0 Å². The summed E-state index contributed by atoms with van der Waals surface area (Å²) in [6, 6.07) is 4.52. The SMILES string of the molecule is Cn1c(I)c(-c2ccc(OC(=O)N3CCCC3)c(F)c2)c2c(N)ncnc21. The molecule has 1 aliphatic heterocycles. The minimum atomic E-state index is -0.608. The summed E-state index contributed by atoms with van der Waals surface area (Å²) in [7, 11) is 1.86. The number of halogens is 2. The zero-order valence-electron chi connectivity index (χ0n) is 14.6. The van der Waals surface area contributed by atoms with Gasteiger partial charge in [-0.25, -0.2) is 19.2 Å². The summed E-state index contributed by atoms with van der Waals surface area (Å²) >= 11 is 2.17. The molecular weight excluding hydrogens is 464 g/mol. The molecule has 0 aliphatic carbocycles. The maximum Gasteiger partial charge on any atom is 0.415 e. The van der Waals surface area contributed by atoms with Gasteiger partial charge in [-0.15, -0.1) is 0 Å². The van der Waals surface area contributed by atoms with Gasteiger partial charge in [-0.3, -0.25) is 0 Å².